The van der Waals surface area contributed by atoms with Gasteiger partial charge in [0.05, 0.1) is 15.6 Å². The van der Waals surface area contributed by atoms with E-state index in [1.807, 2.05) is 0 Å². The molecule has 5 heteroatoms. The van der Waals surface area contributed by atoms with Gasteiger partial charge in [0.25, 0.3) is 0 Å². The molecule has 2 aromatic rings. The lowest BCUT2D eigenvalue weighted by Crippen LogP contribution is -1.93. The zero-order valence-corrected chi connectivity index (χ0v) is 9.33. The summed E-state index contributed by atoms with van der Waals surface area (Å²) in [5.41, 5.74) is 1.29. The molecule has 2 rings (SSSR count). The second-order valence-electron chi connectivity index (χ2n) is 2.99. The molecule has 78 valence electrons. The molecule has 0 spiro atoms. The number of fused-ring (bicyclic) bond motifs is 1. The van der Waals surface area contributed by atoms with E-state index in [1.165, 1.54) is 6.07 Å². The van der Waals surface area contributed by atoms with Gasteiger partial charge in [-0.25, -0.2) is 4.39 Å². The highest BCUT2D eigenvalue weighted by molar-refractivity contribution is 6.39. The summed E-state index contributed by atoms with van der Waals surface area (Å²) in [7, 11) is 1.73. The van der Waals surface area contributed by atoms with E-state index in [0.717, 1.165) is 5.69 Å². The molecule has 0 saturated carbocycles. The first-order valence-corrected chi connectivity index (χ1v) is 5.00. The zero-order chi connectivity index (χ0) is 11.0. The Balaban J connectivity index is 2.93. The number of nitrogens with one attached hydrogen (secondary N) is 1. The first-order valence-electron chi connectivity index (χ1n) is 4.25. The second-order valence-corrected chi connectivity index (χ2v) is 3.77. The minimum Gasteiger partial charge on any atom is -0.387 e. The third-order valence-electron chi connectivity index (χ3n) is 2.13. The Kier molecular flexibility index (Phi) is 2.67. The largest absolute Gasteiger partial charge is 0.387 e. The van der Waals surface area contributed by atoms with Crippen LogP contribution in [0.4, 0.5) is 10.1 Å². The van der Waals surface area contributed by atoms with Gasteiger partial charge < -0.3 is 5.32 Å². The molecule has 0 unspecified atom stereocenters. The van der Waals surface area contributed by atoms with Crippen LogP contribution in [0.5, 0.6) is 0 Å². The van der Waals surface area contributed by atoms with Crippen molar-refractivity contribution in [1.29, 1.82) is 0 Å². The quantitative estimate of drug-likeness (QED) is 0.774. The van der Waals surface area contributed by atoms with Crippen molar-refractivity contribution < 1.29 is 4.39 Å². The van der Waals surface area contributed by atoms with E-state index < -0.39 is 5.82 Å². The smallest absolute Gasteiger partial charge is 0.161 e. The molecule has 0 saturated heterocycles. The van der Waals surface area contributed by atoms with Crippen LogP contribution in [0.1, 0.15) is 0 Å². The Labute approximate surface area is 96.0 Å². The van der Waals surface area contributed by atoms with Crippen molar-refractivity contribution in [2.75, 3.05) is 12.4 Å². The zero-order valence-electron chi connectivity index (χ0n) is 7.81. The molecule has 0 aliphatic rings. The van der Waals surface area contributed by atoms with Gasteiger partial charge in [0, 0.05) is 24.3 Å². The van der Waals surface area contributed by atoms with Gasteiger partial charge in [-0.3, -0.25) is 4.98 Å². The molecule has 0 atom stereocenters. The standard InChI is InChI=1S/C10H7Cl2FN2/c1-14-6-2-3-15-7-4-5(11)10(13)9(12)8(6)7/h2-4H,1H3,(H,14,15). The minimum absolute atomic E-state index is 0.00468. The SMILES string of the molecule is CNc1ccnc2cc(Cl)c(F)c(Cl)c12. The summed E-state index contributed by atoms with van der Waals surface area (Å²) in [6.07, 6.45) is 1.61. The number of benzene rings is 1. The number of hydrogen-bond donors (Lipinski definition) is 1. The molecule has 15 heavy (non-hydrogen) atoms. The van der Waals surface area contributed by atoms with Crippen molar-refractivity contribution in [3.63, 3.8) is 0 Å². The van der Waals surface area contributed by atoms with E-state index in [2.05, 4.69) is 10.3 Å². The lowest BCUT2D eigenvalue weighted by Gasteiger charge is -2.08. The number of aromatic nitrogens is 1. The third-order valence-corrected chi connectivity index (χ3v) is 2.76. The predicted octanol–water partition coefficient (Wildman–Crippen LogP) is 3.72. The first-order chi connectivity index (χ1) is 7.15. The van der Waals surface area contributed by atoms with Crippen molar-refractivity contribution in [1.82, 2.24) is 4.98 Å². The van der Waals surface area contributed by atoms with Gasteiger partial charge in [-0.05, 0) is 12.1 Å². The number of halogens is 3. The summed E-state index contributed by atoms with van der Waals surface area (Å²) in [6, 6.07) is 3.18. The average molecular weight is 245 g/mol. The summed E-state index contributed by atoms with van der Waals surface area (Å²) in [5, 5.41) is 3.44. The fourth-order valence-electron chi connectivity index (χ4n) is 1.42. The van der Waals surface area contributed by atoms with E-state index in [-0.39, 0.29) is 10.0 Å². The Morgan fingerprint density at radius 2 is 2.13 bits per heavy atom. The molecular formula is C10H7Cl2FN2. The fourth-order valence-corrected chi connectivity index (χ4v) is 1.97. The van der Waals surface area contributed by atoms with Gasteiger partial charge in [-0.1, -0.05) is 23.2 Å². The van der Waals surface area contributed by atoms with E-state index in [4.69, 9.17) is 23.2 Å². The molecule has 1 aromatic carbocycles. The molecular weight excluding hydrogens is 238 g/mol. The van der Waals surface area contributed by atoms with Crippen LogP contribution in [0.3, 0.4) is 0 Å². The molecule has 2 nitrogen and oxygen atoms in total. The van der Waals surface area contributed by atoms with Crippen molar-refractivity contribution >= 4 is 39.8 Å². The van der Waals surface area contributed by atoms with Crippen LogP contribution >= 0.6 is 23.2 Å². The normalized spacial score (nSPS) is 10.7. The van der Waals surface area contributed by atoms with E-state index in [0.29, 0.717) is 10.9 Å². The second kappa shape index (κ2) is 3.83. The Bertz CT molecular complexity index is 528. The maximum absolute atomic E-state index is 13.5. The molecule has 0 amide bonds. The summed E-state index contributed by atoms with van der Waals surface area (Å²) < 4.78 is 13.5. The van der Waals surface area contributed by atoms with E-state index >= 15 is 0 Å². The summed E-state index contributed by atoms with van der Waals surface area (Å²) in [6.45, 7) is 0. The summed E-state index contributed by atoms with van der Waals surface area (Å²) >= 11 is 11.5. The monoisotopic (exact) mass is 244 g/mol. The Morgan fingerprint density at radius 1 is 1.40 bits per heavy atom. The van der Waals surface area contributed by atoms with Gasteiger partial charge >= 0.3 is 0 Å². The molecule has 1 aromatic heterocycles. The molecule has 0 fully saturated rings. The number of pyridine rings is 1. The molecule has 0 aliphatic heterocycles. The lowest BCUT2D eigenvalue weighted by molar-refractivity contribution is 0.630. The van der Waals surface area contributed by atoms with Crippen LogP contribution in [0.2, 0.25) is 10.0 Å². The number of nitrogens with zero attached hydrogens (tertiary/aromatic N) is 1. The van der Waals surface area contributed by atoms with Gasteiger partial charge in [0.2, 0.25) is 0 Å². The third kappa shape index (κ3) is 1.62. The van der Waals surface area contributed by atoms with Crippen LogP contribution in [-0.2, 0) is 0 Å². The molecule has 0 bridgehead atoms. The summed E-state index contributed by atoms with van der Waals surface area (Å²) in [5.74, 6) is -0.615. The van der Waals surface area contributed by atoms with Crippen LogP contribution in [0.25, 0.3) is 10.9 Å². The first kappa shape index (κ1) is 10.5. The van der Waals surface area contributed by atoms with Gasteiger partial charge in [0.1, 0.15) is 0 Å². The maximum atomic E-state index is 13.5. The average Bonchev–Trinajstić information content (AvgIpc) is 2.25. The number of anilines is 1. The van der Waals surface area contributed by atoms with E-state index in [9.17, 15) is 4.39 Å². The van der Waals surface area contributed by atoms with Crippen LogP contribution < -0.4 is 5.32 Å². The van der Waals surface area contributed by atoms with Gasteiger partial charge in [0.15, 0.2) is 5.82 Å². The van der Waals surface area contributed by atoms with Crippen LogP contribution in [0, 0.1) is 5.82 Å². The van der Waals surface area contributed by atoms with E-state index in [1.54, 1.807) is 19.3 Å². The van der Waals surface area contributed by atoms with Gasteiger partial charge in [-0.15, -0.1) is 0 Å². The molecule has 0 radical (unpaired) electrons. The molecule has 1 heterocycles. The van der Waals surface area contributed by atoms with Crippen molar-refractivity contribution in [2.45, 2.75) is 0 Å². The minimum atomic E-state index is -0.615. The lowest BCUT2D eigenvalue weighted by atomic mass is 10.2. The molecule has 0 aliphatic carbocycles. The Hall–Kier alpha value is -1.06. The highest BCUT2D eigenvalue weighted by Gasteiger charge is 2.13. The molecule has 1 N–H and O–H groups in total. The maximum Gasteiger partial charge on any atom is 0.161 e. The fraction of sp³-hybridized carbons (Fsp3) is 0.100. The number of rotatable bonds is 1. The van der Waals surface area contributed by atoms with Crippen molar-refractivity contribution in [3.8, 4) is 0 Å². The predicted molar refractivity (Wildman–Crippen MR) is 61.3 cm³/mol. The summed E-state index contributed by atoms with van der Waals surface area (Å²) in [4.78, 5) is 4.08. The topological polar surface area (TPSA) is 24.9 Å². The van der Waals surface area contributed by atoms with Crippen molar-refractivity contribution in [2.24, 2.45) is 0 Å². The van der Waals surface area contributed by atoms with Gasteiger partial charge in [-0.2, -0.15) is 0 Å². The van der Waals surface area contributed by atoms with Crippen molar-refractivity contribution in [3.05, 3.63) is 34.2 Å². The highest BCUT2D eigenvalue weighted by Crippen LogP contribution is 2.34. The highest BCUT2D eigenvalue weighted by atomic mass is 35.5. The van der Waals surface area contributed by atoms with Crippen LogP contribution in [0.15, 0.2) is 18.3 Å². The van der Waals surface area contributed by atoms with Crippen LogP contribution in [-0.4, -0.2) is 12.0 Å². The Morgan fingerprint density at radius 3 is 2.80 bits per heavy atom. The number of hydrogen-bond acceptors (Lipinski definition) is 2.